The van der Waals surface area contributed by atoms with Gasteiger partial charge >= 0.3 is 0 Å². The fraction of sp³-hybridized carbons (Fsp3) is 0.480. The van der Waals surface area contributed by atoms with Crippen LogP contribution in [0.15, 0.2) is 23.0 Å². The number of primary amides is 1. The van der Waals surface area contributed by atoms with E-state index in [4.69, 9.17) is 11.1 Å². The van der Waals surface area contributed by atoms with E-state index < -0.39 is 69.5 Å². The number of phenols is 1. The van der Waals surface area contributed by atoms with Crippen molar-refractivity contribution in [1.29, 1.82) is 5.41 Å². The van der Waals surface area contributed by atoms with Gasteiger partial charge in [-0.05, 0) is 38.9 Å². The van der Waals surface area contributed by atoms with Crippen molar-refractivity contribution in [2.75, 3.05) is 14.1 Å². The van der Waals surface area contributed by atoms with E-state index in [0.29, 0.717) is 0 Å². The maximum atomic E-state index is 15.5. The number of carbonyl (C=O) groups excluding carboxylic acids is 2. The Hall–Kier alpha value is -3.28. The normalized spacial score (nSPS) is 27.9. The number of carbonyl (C=O) groups is 2. The number of aromatic hydroxyl groups is 1. The first kappa shape index (κ1) is 25.8. The number of nitrogens with zero attached hydrogens (tertiary/aromatic N) is 1. The second-order valence-electron chi connectivity index (χ2n) is 10.3. The van der Waals surface area contributed by atoms with Crippen molar-refractivity contribution in [2.24, 2.45) is 17.6 Å². The van der Waals surface area contributed by atoms with Crippen molar-refractivity contribution in [3.8, 4) is 5.75 Å². The number of nitrogens with two attached hydrogens (primary N) is 1. The van der Waals surface area contributed by atoms with E-state index in [1.165, 1.54) is 11.0 Å². The Bertz CT molecular complexity index is 1250. The zero-order chi connectivity index (χ0) is 26.9. The molecule has 1 aromatic rings. The standard InChI is InChI=1S/C25H31FN4O6/c1-9(2)29-8-11-7-14(31)16-12(18(11)26)5-10-6-13-19(30(3)4)21(33)17(24(28)35)22(27)25(13,36)23(34)15(10)20(16)32/h7,9-10,13,19,27,29,31-33,36H,5-6,8H2,1-4H3,(H2,28,35)/t10-,13?,19-,25+/m0/s1. The monoisotopic (exact) mass is 502 g/mol. The molecule has 10 nitrogen and oxygen atoms in total. The molecule has 36 heavy (non-hydrogen) atoms. The third-order valence-corrected chi connectivity index (χ3v) is 7.48. The SMILES string of the molecule is CC(C)NCc1cc(O)c2c(c1F)C[C@H]1CC3[C@H](N(C)C)C(O)=C(C(N)=O)C(=N)[C@@]3(O)C(=O)C1=C2O. The molecule has 0 saturated heterocycles. The lowest BCUT2D eigenvalue weighted by Crippen LogP contribution is -2.67. The van der Waals surface area contributed by atoms with Crippen LogP contribution in [0.1, 0.15) is 37.0 Å². The van der Waals surface area contributed by atoms with E-state index in [0.717, 1.165) is 0 Å². The minimum atomic E-state index is -2.57. The summed E-state index contributed by atoms with van der Waals surface area (Å²) in [5.41, 5.74) is 1.05. The van der Waals surface area contributed by atoms with Crippen LogP contribution in [-0.2, 0) is 22.6 Å². The van der Waals surface area contributed by atoms with Gasteiger partial charge in [-0.25, -0.2) is 4.39 Å². The molecule has 8 N–H and O–H groups in total. The van der Waals surface area contributed by atoms with E-state index in [1.54, 1.807) is 14.1 Å². The summed E-state index contributed by atoms with van der Waals surface area (Å²) in [5, 5.41) is 55.8. The number of aliphatic hydroxyl groups is 3. The number of halogens is 1. The molecule has 3 aliphatic rings. The third kappa shape index (κ3) is 3.53. The van der Waals surface area contributed by atoms with Crippen LogP contribution in [0.25, 0.3) is 5.76 Å². The van der Waals surface area contributed by atoms with Gasteiger partial charge in [-0.15, -0.1) is 0 Å². The number of hydrogen-bond acceptors (Lipinski definition) is 9. The smallest absolute Gasteiger partial charge is 0.254 e. The first-order chi connectivity index (χ1) is 16.7. The van der Waals surface area contributed by atoms with Crippen molar-refractivity contribution in [1.82, 2.24) is 10.2 Å². The zero-order valence-electron chi connectivity index (χ0n) is 20.5. The Morgan fingerprint density at radius 2 is 1.97 bits per heavy atom. The number of benzene rings is 1. The molecular weight excluding hydrogens is 471 g/mol. The molecule has 0 spiro atoms. The number of hydrogen-bond donors (Lipinski definition) is 7. The molecule has 0 heterocycles. The fourth-order valence-corrected chi connectivity index (χ4v) is 5.85. The summed E-state index contributed by atoms with van der Waals surface area (Å²) in [6, 6.07) is 0.203. The number of ketones is 1. The quantitative estimate of drug-likeness (QED) is 0.312. The molecule has 4 rings (SSSR count). The highest BCUT2D eigenvalue weighted by Gasteiger charge is 2.63. The van der Waals surface area contributed by atoms with Gasteiger partial charge in [-0.3, -0.25) is 14.5 Å². The maximum absolute atomic E-state index is 15.5. The second kappa shape index (κ2) is 8.68. The summed E-state index contributed by atoms with van der Waals surface area (Å²) in [7, 11) is 3.15. The van der Waals surface area contributed by atoms with Gasteiger partial charge in [0.15, 0.2) is 5.60 Å². The molecule has 1 fully saturated rings. The van der Waals surface area contributed by atoms with Gasteiger partial charge in [0, 0.05) is 35.2 Å². The summed E-state index contributed by atoms with van der Waals surface area (Å²) in [6.45, 7) is 3.92. The summed E-state index contributed by atoms with van der Waals surface area (Å²) in [6.07, 6.45) is -0.0698. The van der Waals surface area contributed by atoms with Gasteiger partial charge in [0.1, 0.15) is 28.7 Å². The van der Waals surface area contributed by atoms with Crippen LogP contribution >= 0.6 is 0 Å². The van der Waals surface area contributed by atoms with Crippen LogP contribution in [0.4, 0.5) is 4.39 Å². The van der Waals surface area contributed by atoms with E-state index in [2.05, 4.69) is 5.32 Å². The minimum Gasteiger partial charge on any atom is -0.510 e. The molecular formula is C25H31FN4O6. The van der Waals surface area contributed by atoms with E-state index in [-0.39, 0.29) is 47.7 Å². The molecule has 11 heteroatoms. The first-order valence-electron chi connectivity index (χ1n) is 11.7. The highest BCUT2D eigenvalue weighted by atomic mass is 19.1. The van der Waals surface area contributed by atoms with Gasteiger partial charge < -0.3 is 36.9 Å². The molecule has 1 amide bonds. The predicted octanol–water partition coefficient (Wildman–Crippen LogP) is 1.05. The molecule has 4 atom stereocenters. The lowest BCUT2D eigenvalue weighted by Gasteiger charge is -2.51. The lowest BCUT2D eigenvalue weighted by molar-refractivity contribution is -0.138. The Kier molecular flexibility index (Phi) is 6.22. The van der Waals surface area contributed by atoms with E-state index in [9.17, 15) is 30.0 Å². The van der Waals surface area contributed by atoms with Crippen LogP contribution in [0.3, 0.4) is 0 Å². The molecule has 1 aromatic carbocycles. The van der Waals surface area contributed by atoms with Gasteiger partial charge in [0.05, 0.1) is 17.3 Å². The van der Waals surface area contributed by atoms with E-state index >= 15 is 4.39 Å². The summed E-state index contributed by atoms with van der Waals surface area (Å²) in [5.74, 6) is -6.31. The summed E-state index contributed by atoms with van der Waals surface area (Å²) in [4.78, 5) is 27.3. The summed E-state index contributed by atoms with van der Waals surface area (Å²) < 4.78 is 15.5. The first-order valence-corrected chi connectivity index (χ1v) is 11.7. The van der Waals surface area contributed by atoms with Crippen molar-refractivity contribution in [3.63, 3.8) is 0 Å². The Morgan fingerprint density at radius 1 is 1.33 bits per heavy atom. The topological polar surface area (TPSA) is 180 Å². The highest BCUT2D eigenvalue weighted by Crippen LogP contribution is 2.52. The number of likely N-dealkylation sites (N-methyl/N-ethyl adjacent to an activating group) is 1. The average Bonchev–Trinajstić information content (AvgIpc) is 2.77. The van der Waals surface area contributed by atoms with Gasteiger partial charge in [-0.1, -0.05) is 13.8 Å². The van der Waals surface area contributed by atoms with Crippen LogP contribution in [-0.4, -0.2) is 74.5 Å². The molecule has 0 radical (unpaired) electrons. The molecule has 3 aliphatic carbocycles. The van der Waals surface area contributed by atoms with Crippen molar-refractivity contribution in [3.05, 3.63) is 45.5 Å². The number of amides is 1. The van der Waals surface area contributed by atoms with Crippen molar-refractivity contribution < 1.29 is 34.4 Å². The van der Waals surface area contributed by atoms with Crippen LogP contribution in [0, 0.1) is 23.1 Å². The van der Waals surface area contributed by atoms with E-state index in [1.807, 2.05) is 13.8 Å². The number of aliphatic hydroxyl groups excluding tert-OH is 2. The Morgan fingerprint density at radius 3 is 2.53 bits per heavy atom. The van der Waals surface area contributed by atoms with Crippen LogP contribution in [0.2, 0.25) is 0 Å². The Labute approximate surface area is 207 Å². The lowest BCUT2D eigenvalue weighted by atomic mass is 9.57. The fourth-order valence-electron chi connectivity index (χ4n) is 5.85. The molecule has 0 aromatic heterocycles. The molecule has 1 unspecified atom stereocenters. The number of nitrogens with one attached hydrogen (secondary N) is 2. The third-order valence-electron chi connectivity index (χ3n) is 7.48. The number of rotatable bonds is 5. The zero-order valence-corrected chi connectivity index (χ0v) is 20.5. The van der Waals surface area contributed by atoms with Crippen LogP contribution < -0.4 is 11.1 Å². The molecule has 194 valence electrons. The predicted molar refractivity (Wildman–Crippen MR) is 129 cm³/mol. The van der Waals surface area contributed by atoms with Gasteiger partial charge in [0.2, 0.25) is 5.78 Å². The summed E-state index contributed by atoms with van der Waals surface area (Å²) >= 11 is 0. The Balaban J connectivity index is 1.89. The van der Waals surface area contributed by atoms with Crippen molar-refractivity contribution in [2.45, 2.75) is 50.9 Å². The van der Waals surface area contributed by atoms with Crippen LogP contribution in [0.5, 0.6) is 5.75 Å². The average molecular weight is 503 g/mol. The molecule has 0 aliphatic heterocycles. The van der Waals surface area contributed by atoms with Gasteiger partial charge in [0.25, 0.3) is 5.91 Å². The molecule has 1 saturated carbocycles. The van der Waals surface area contributed by atoms with Crippen molar-refractivity contribution >= 4 is 23.2 Å². The highest BCUT2D eigenvalue weighted by molar-refractivity contribution is 6.33. The largest absolute Gasteiger partial charge is 0.510 e. The second-order valence-corrected chi connectivity index (χ2v) is 10.3. The molecule has 0 bridgehead atoms. The number of Topliss-reactive ketones (excluding diaryl/α,β-unsaturated/α-hetero) is 1. The maximum Gasteiger partial charge on any atom is 0.254 e. The minimum absolute atomic E-state index is 0.0168. The van der Waals surface area contributed by atoms with Gasteiger partial charge in [-0.2, -0.15) is 0 Å². The number of fused-ring (bicyclic) bond motifs is 3. The number of phenolic OH excluding ortho intramolecular Hbond substituents is 1.